The number of aliphatic hydroxyl groups excluding tert-OH is 1. The molecule has 0 aliphatic heterocycles. The number of halogens is 4. The lowest BCUT2D eigenvalue weighted by Gasteiger charge is -2.11. The third kappa shape index (κ3) is 2.45. The Hall–Kier alpha value is -1.14. The van der Waals surface area contributed by atoms with Gasteiger partial charge in [0.05, 0.1) is 6.10 Å². The van der Waals surface area contributed by atoms with Crippen molar-refractivity contribution in [1.82, 2.24) is 0 Å². The molecule has 0 fully saturated rings. The third-order valence-corrected chi connectivity index (χ3v) is 1.91. The van der Waals surface area contributed by atoms with Gasteiger partial charge in [-0.3, -0.25) is 0 Å². The second-order valence-electron chi connectivity index (χ2n) is 2.96. The molecule has 0 aliphatic carbocycles. The Kier molecular flexibility index (Phi) is 3.65. The molecule has 1 aromatic carbocycles. The van der Waals surface area contributed by atoms with Crippen molar-refractivity contribution in [2.45, 2.75) is 12.5 Å². The first-order valence-corrected chi connectivity index (χ1v) is 4.12. The molecule has 1 atom stereocenters. The van der Waals surface area contributed by atoms with Crippen LogP contribution in [0.2, 0.25) is 0 Å². The van der Waals surface area contributed by atoms with Crippen LogP contribution in [0, 0.1) is 11.6 Å². The van der Waals surface area contributed by atoms with E-state index in [1.54, 1.807) is 0 Å². The van der Waals surface area contributed by atoms with Crippen LogP contribution in [0.4, 0.5) is 17.6 Å². The number of benzene rings is 1. The summed E-state index contributed by atoms with van der Waals surface area (Å²) in [5.74, 6) is -2.77. The van der Waals surface area contributed by atoms with Crippen LogP contribution in [0.1, 0.15) is 23.7 Å². The Morgan fingerprint density at radius 2 is 1.87 bits per heavy atom. The van der Waals surface area contributed by atoms with Crippen molar-refractivity contribution in [2.24, 2.45) is 5.73 Å². The monoisotopic (exact) mass is 223 g/mol. The van der Waals surface area contributed by atoms with Crippen molar-refractivity contribution >= 4 is 0 Å². The van der Waals surface area contributed by atoms with Gasteiger partial charge in [0, 0.05) is 17.7 Å². The standard InChI is InChI=1S/C9H9F4NO/c10-6-2-4(9(12)13)1-5(8(6)11)7(15)3-14/h1-2,7,9,15H,3,14H2. The largest absolute Gasteiger partial charge is 0.387 e. The van der Waals surface area contributed by atoms with E-state index in [1.807, 2.05) is 0 Å². The Morgan fingerprint density at radius 1 is 1.27 bits per heavy atom. The van der Waals surface area contributed by atoms with Crippen molar-refractivity contribution in [2.75, 3.05) is 6.54 Å². The van der Waals surface area contributed by atoms with E-state index in [4.69, 9.17) is 10.8 Å². The molecule has 15 heavy (non-hydrogen) atoms. The van der Waals surface area contributed by atoms with Gasteiger partial charge >= 0.3 is 0 Å². The SMILES string of the molecule is NCC(O)c1cc(C(F)F)cc(F)c1F. The Labute approximate surface area is 83.3 Å². The second kappa shape index (κ2) is 4.59. The zero-order valence-electron chi connectivity index (χ0n) is 7.55. The van der Waals surface area contributed by atoms with Crippen molar-refractivity contribution in [1.29, 1.82) is 0 Å². The van der Waals surface area contributed by atoms with Gasteiger partial charge in [0.25, 0.3) is 6.43 Å². The molecule has 0 aromatic heterocycles. The molecule has 2 nitrogen and oxygen atoms in total. The topological polar surface area (TPSA) is 46.2 Å². The first-order chi connectivity index (χ1) is 6.97. The molecular formula is C9H9F4NO. The molecule has 1 rings (SSSR count). The minimum absolute atomic E-state index is 0.372. The molecule has 3 N–H and O–H groups in total. The number of alkyl halides is 2. The molecule has 1 aromatic rings. The fraction of sp³-hybridized carbons (Fsp3) is 0.333. The lowest BCUT2D eigenvalue weighted by Crippen LogP contribution is -2.14. The summed E-state index contributed by atoms with van der Waals surface area (Å²) in [6, 6.07) is 1.10. The summed E-state index contributed by atoms with van der Waals surface area (Å²) in [4.78, 5) is 0. The molecule has 6 heteroatoms. The van der Waals surface area contributed by atoms with Gasteiger partial charge in [0.1, 0.15) is 0 Å². The third-order valence-electron chi connectivity index (χ3n) is 1.91. The highest BCUT2D eigenvalue weighted by atomic mass is 19.3. The van der Waals surface area contributed by atoms with E-state index in [0.29, 0.717) is 12.1 Å². The zero-order chi connectivity index (χ0) is 11.6. The summed E-state index contributed by atoms with van der Waals surface area (Å²) in [5, 5.41) is 9.16. The van der Waals surface area contributed by atoms with E-state index in [0.717, 1.165) is 0 Å². The molecule has 84 valence electrons. The molecule has 0 spiro atoms. The summed E-state index contributed by atoms with van der Waals surface area (Å²) >= 11 is 0. The van der Waals surface area contributed by atoms with Crippen LogP contribution in [0.15, 0.2) is 12.1 Å². The molecular weight excluding hydrogens is 214 g/mol. The number of hydrogen-bond donors (Lipinski definition) is 2. The maximum absolute atomic E-state index is 13.0. The predicted octanol–water partition coefficient (Wildman–Crippen LogP) is 1.89. The van der Waals surface area contributed by atoms with Gasteiger partial charge in [-0.2, -0.15) is 0 Å². The van der Waals surface area contributed by atoms with Crippen molar-refractivity contribution in [3.8, 4) is 0 Å². The first-order valence-electron chi connectivity index (χ1n) is 4.12. The minimum Gasteiger partial charge on any atom is -0.387 e. The number of hydrogen-bond acceptors (Lipinski definition) is 2. The minimum atomic E-state index is -2.93. The van der Waals surface area contributed by atoms with Gasteiger partial charge in [-0.15, -0.1) is 0 Å². The van der Waals surface area contributed by atoms with Gasteiger partial charge < -0.3 is 10.8 Å². The number of rotatable bonds is 3. The van der Waals surface area contributed by atoms with E-state index in [1.165, 1.54) is 0 Å². The van der Waals surface area contributed by atoms with Crippen molar-refractivity contribution < 1.29 is 22.7 Å². The average molecular weight is 223 g/mol. The van der Waals surface area contributed by atoms with Gasteiger partial charge in [0.15, 0.2) is 11.6 Å². The highest BCUT2D eigenvalue weighted by Gasteiger charge is 2.19. The number of aliphatic hydroxyl groups is 1. The van der Waals surface area contributed by atoms with Crippen LogP contribution in [0.25, 0.3) is 0 Å². The van der Waals surface area contributed by atoms with E-state index >= 15 is 0 Å². The van der Waals surface area contributed by atoms with Gasteiger partial charge in [0.2, 0.25) is 0 Å². The van der Waals surface area contributed by atoms with E-state index < -0.39 is 35.3 Å². The van der Waals surface area contributed by atoms with Crippen LogP contribution in [0.5, 0.6) is 0 Å². The van der Waals surface area contributed by atoms with Gasteiger partial charge in [-0.1, -0.05) is 0 Å². The van der Waals surface area contributed by atoms with E-state index in [-0.39, 0.29) is 6.54 Å². The van der Waals surface area contributed by atoms with Crippen LogP contribution in [0.3, 0.4) is 0 Å². The Balaban J connectivity index is 3.25. The lowest BCUT2D eigenvalue weighted by atomic mass is 10.0. The van der Waals surface area contributed by atoms with Gasteiger partial charge in [-0.25, -0.2) is 17.6 Å². The molecule has 0 amide bonds. The molecule has 0 aliphatic rings. The van der Waals surface area contributed by atoms with Crippen LogP contribution < -0.4 is 5.73 Å². The summed E-state index contributed by atoms with van der Waals surface area (Å²) in [6.45, 7) is -0.372. The molecule has 0 saturated carbocycles. The highest BCUT2D eigenvalue weighted by molar-refractivity contribution is 5.29. The van der Waals surface area contributed by atoms with Gasteiger partial charge in [-0.05, 0) is 12.1 Å². The summed E-state index contributed by atoms with van der Waals surface area (Å²) in [7, 11) is 0. The van der Waals surface area contributed by atoms with E-state index in [9.17, 15) is 17.6 Å². The number of nitrogens with two attached hydrogens (primary N) is 1. The molecule has 0 radical (unpaired) electrons. The fourth-order valence-corrected chi connectivity index (χ4v) is 1.13. The highest BCUT2D eigenvalue weighted by Crippen LogP contribution is 2.26. The maximum Gasteiger partial charge on any atom is 0.263 e. The van der Waals surface area contributed by atoms with Crippen LogP contribution in [-0.4, -0.2) is 11.7 Å². The fourth-order valence-electron chi connectivity index (χ4n) is 1.13. The quantitative estimate of drug-likeness (QED) is 0.768. The second-order valence-corrected chi connectivity index (χ2v) is 2.96. The molecule has 0 saturated heterocycles. The first kappa shape index (κ1) is 11.9. The van der Waals surface area contributed by atoms with Crippen molar-refractivity contribution in [3.05, 3.63) is 34.9 Å². The normalized spacial score (nSPS) is 13.3. The molecule has 0 bridgehead atoms. The lowest BCUT2D eigenvalue weighted by molar-refractivity contribution is 0.148. The summed E-state index contributed by atoms with van der Waals surface area (Å²) < 4.78 is 50.3. The maximum atomic E-state index is 13.0. The van der Waals surface area contributed by atoms with Crippen molar-refractivity contribution in [3.63, 3.8) is 0 Å². The summed E-state index contributed by atoms with van der Waals surface area (Å²) in [5.41, 5.74) is 3.79. The zero-order valence-corrected chi connectivity index (χ0v) is 7.55. The van der Waals surface area contributed by atoms with E-state index in [2.05, 4.69) is 0 Å². The Bertz CT molecular complexity index is 356. The van der Waals surface area contributed by atoms with Crippen LogP contribution in [-0.2, 0) is 0 Å². The smallest absolute Gasteiger partial charge is 0.263 e. The van der Waals surface area contributed by atoms with Crippen LogP contribution >= 0.6 is 0 Å². The Morgan fingerprint density at radius 3 is 2.33 bits per heavy atom. The molecule has 0 heterocycles. The average Bonchev–Trinajstić information content (AvgIpc) is 2.20. The molecule has 1 unspecified atom stereocenters. The summed E-state index contributed by atoms with van der Waals surface area (Å²) in [6.07, 6.45) is -4.41. The predicted molar refractivity (Wildman–Crippen MR) is 45.3 cm³/mol.